The smallest absolute Gasteiger partial charge is 0.110 e. The van der Waals surface area contributed by atoms with Crippen LogP contribution in [0.1, 0.15) is 30.3 Å². The van der Waals surface area contributed by atoms with Crippen LogP contribution in [-0.2, 0) is 25.8 Å². The topological polar surface area (TPSA) is 29.9 Å². The fourth-order valence-electron chi connectivity index (χ4n) is 3.59. The lowest BCUT2D eigenvalue weighted by atomic mass is 9.79. The summed E-state index contributed by atoms with van der Waals surface area (Å²) in [6.07, 6.45) is 8.69. The molecule has 0 aliphatic heterocycles. The van der Waals surface area contributed by atoms with Crippen LogP contribution in [0.15, 0.2) is 36.7 Å². The highest BCUT2D eigenvalue weighted by molar-refractivity contribution is 5.30. The summed E-state index contributed by atoms with van der Waals surface area (Å²) in [5.74, 6) is 1.91. The van der Waals surface area contributed by atoms with Gasteiger partial charge in [-0.1, -0.05) is 24.3 Å². The lowest BCUT2D eigenvalue weighted by Crippen LogP contribution is -2.39. The summed E-state index contributed by atoms with van der Waals surface area (Å²) < 4.78 is 2.25. The maximum Gasteiger partial charge on any atom is 0.110 e. The van der Waals surface area contributed by atoms with Gasteiger partial charge in [0, 0.05) is 31.4 Å². The van der Waals surface area contributed by atoms with Crippen LogP contribution in [-0.4, -0.2) is 22.6 Å². The Labute approximate surface area is 127 Å². The fourth-order valence-corrected chi connectivity index (χ4v) is 3.59. The molecule has 1 aromatic heterocycles. The quantitative estimate of drug-likeness (QED) is 0.914. The van der Waals surface area contributed by atoms with E-state index < -0.39 is 0 Å². The second-order valence-corrected chi connectivity index (χ2v) is 6.00. The Kier molecular flexibility index (Phi) is 4.39. The van der Waals surface area contributed by atoms with Gasteiger partial charge in [-0.2, -0.15) is 0 Å². The molecule has 1 aliphatic rings. The van der Waals surface area contributed by atoms with Gasteiger partial charge in [-0.05, 0) is 50.3 Å². The molecule has 112 valence electrons. The van der Waals surface area contributed by atoms with Crippen LogP contribution in [0.2, 0.25) is 0 Å². The van der Waals surface area contributed by atoms with E-state index >= 15 is 0 Å². The zero-order valence-electron chi connectivity index (χ0n) is 13.0. The number of benzene rings is 1. The van der Waals surface area contributed by atoms with Crippen LogP contribution in [0.3, 0.4) is 0 Å². The number of imidazole rings is 1. The number of aromatic nitrogens is 2. The third kappa shape index (κ3) is 3.03. The van der Waals surface area contributed by atoms with E-state index in [1.165, 1.54) is 30.7 Å². The van der Waals surface area contributed by atoms with Gasteiger partial charge in [-0.25, -0.2) is 4.98 Å². The average Bonchev–Trinajstić information content (AvgIpc) is 2.99. The molecule has 0 fully saturated rings. The molecule has 2 aromatic rings. The van der Waals surface area contributed by atoms with Gasteiger partial charge in [0.1, 0.15) is 5.82 Å². The number of hydrogen-bond acceptors (Lipinski definition) is 2. The minimum Gasteiger partial charge on any atom is -0.335 e. The summed E-state index contributed by atoms with van der Waals surface area (Å²) in [7, 11) is 2.09. The van der Waals surface area contributed by atoms with Gasteiger partial charge in [-0.15, -0.1) is 0 Å². The zero-order chi connectivity index (χ0) is 14.7. The van der Waals surface area contributed by atoms with Gasteiger partial charge in [0.15, 0.2) is 0 Å². The highest BCUT2D eigenvalue weighted by Crippen LogP contribution is 2.28. The Hall–Kier alpha value is -1.61. The Bertz CT molecular complexity index is 588. The Morgan fingerprint density at radius 3 is 2.90 bits per heavy atom. The molecular weight excluding hydrogens is 258 g/mol. The highest BCUT2D eigenvalue weighted by atomic mass is 15.1. The lowest BCUT2D eigenvalue weighted by molar-refractivity contribution is 0.327. The van der Waals surface area contributed by atoms with Crippen LogP contribution in [0.4, 0.5) is 0 Å². The first-order valence-corrected chi connectivity index (χ1v) is 8.06. The predicted octanol–water partition coefficient (Wildman–Crippen LogP) is 2.84. The monoisotopic (exact) mass is 283 g/mol. The van der Waals surface area contributed by atoms with Crippen molar-refractivity contribution < 1.29 is 0 Å². The van der Waals surface area contributed by atoms with E-state index in [1.54, 1.807) is 5.56 Å². The molecule has 3 rings (SSSR count). The Balaban J connectivity index is 1.73. The summed E-state index contributed by atoms with van der Waals surface area (Å²) in [6.45, 7) is 3.18. The van der Waals surface area contributed by atoms with Gasteiger partial charge < -0.3 is 9.88 Å². The van der Waals surface area contributed by atoms with E-state index in [4.69, 9.17) is 0 Å². The normalized spacial score (nSPS) is 19.2. The molecule has 0 amide bonds. The number of hydrogen-bond donors (Lipinski definition) is 1. The molecule has 1 N–H and O–H groups in total. The maximum atomic E-state index is 4.54. The molecule has 0 saturated heterocycles. The minimum absolute atomic E-state index is 0.506. The van der Waals surface area contributed by atoms with Gasteiger partial charge in [0.25, 0.3) is 0 Å². The van der Waals surface area contributed by atoms with E-state index in [0.717, 1.165) is 13.0 Å². The van der Waals surface area contributed by atoms with Crippen LogP contribution in [0, 0.1) is 5.92 Å². The zero-order valence-corrected chi connectivity index (χ0v) is 13.0. The number of likely N-dealkylation sites (N-methyl/N-ethyl adjacent to an activating group) is 1. The fraction of sp³-hybridized carbons (Fsp3) is 0.500. The number of nitrogens with zero attached hydrogens (tertiary/aromatic N) is 2. The van der Waals surface area contributed by atoms with Crippen molar-refractivity contribution in [1.29, 1.82) is 0 Å². The SMILES string of the molecule is CCn1ccnc1CC(NC)C1CCc2ccccc2C1. The van der Waals surface area contributed by atoms with Crippen molar-refractivity contribution in [2.75, 3.05) is 7.05 Å². The summed E-state index contributed by atoms with van der Waals surface area (Å²) in [5, 5.41) is 3.54. The highest BCUT2D eigenvalue weighted by Gasteiger charge is 2.26. The van der Waals surface area contributed by atoms with E-state index in [9.17, 15) is 0 Å². The summed E-state index contributed by atoms with van der Waals surface area (Å²) in [5.41, 5.74) is 3.08. The van der Waals surface area contributed by atoms with Gasteiger partial charge in [0.05, 0.1) is 0 Å². The number of nitrogens with one attached hydrogen (secondary N) is 1. The van der Waals surface area contributed by atoms with Crippen molar-refractivity contribution in [1.82, 2.24) is 14.9 Å². The molecule has 1 aromatic carbocycles. The van der Waals surface area contributed by atoms with Gasteiger partial charge in [-0.3, -0.25) is 0 Å². The Morgan fingerprint density at radius 1 is 1.33 bits per heavy atom. The minimum atomic E-state index is 0.506. The summed E-state index contributed by atoms with van der Waals surface area (Å²) >= 11 is 0. The van der Waals surface area contributed by atoms with Crippen LogP contribution >= 0.6 is 0 Å². The lowest BCUT2D eigenvalue weighted by Gasteiger charge is -2.31. The first-order chi connectivity index (χ1) is 10.3. The summed E-state index contributed by atoms with van der Waals surface area (Å²) in [4.78, 5) is 4.54. The van der Waals surface area contributed by atoms with Crippen molar-refractivity contribution >= 4 is 0 Å². The van der Waals surface area contributed by atoms with Crippen LogP contribution in [0.5, 0.6) is 0 Å². The Morgan fingerprint density at radius 2 is 2.14 bits per heavy atom. The largest absolute Gasteiger partial charge is 0.335 e. The molecule has 1 heterocycles. The molecule has 0 bridgehead atoms. The second kappa shape index (κ2) is 6.44. The van der Waals surface area contributed by atoms with Gasteiger partial charge >= 0.3 is 0 Å². The van der Waals surface area contributed by atoms with Crippen molar-refractivity contribution in [2.45, 2.75) is 45.2 Å². The van der Waals surface area contributed by atoms with E-state index in [2.05, 4.69) is 59.3 Å². The molecule has 1 aliphatic carbocycles. The second-order valence-electron chi connectivity index (χ2n) is 6.00. The van der Waals surface area contributed by atoms with Crippen molar-refractivity contribution in [2.24, 2.45) is 5.92 Å². The molecule has 0 saturated carbocycles. The molecule has 3 nitrogen and oxygen atoms in total. The standard InChI is InChI=1S/C18H25N3/c1-3-21-11-10-20-18(21)13-17(19-2)16-9-8-14-6-4-5-7-15(14)12-16/h4-7,10-11,16-17,19H,3,8-9,12-13H2,1-2H3. The first kappa shape index (κ1) is 14.3. The third-order valence-electron chi connectivity index (χ3n) is 4.87. The number of aryl methyl sites for hydroxylation is 2. The average molecular weight is 283 g/mol. The van der Waals surface area contributed by atoms with Crippen molar-refractivity contribution in [3.05, 3.63) is 53.6 Å². The van der Waals surface area contributed by atoms with E-state index in [0.29, 0.717) is 12.0 Å². The van der Waals surface area contributed by atoms with E-state index in [-0.39, 0.29) is 0 Å². The van der Waals surface area contributed by atoms with Crippen LogP contribution in [0.25, 0.3) is 0 Å². The van der Waals surface area contributed by atoms with Crippen molar-refractivity contribution in [3.63, 3.8) is 0 Å². The molecule has 2 atom stereocenters. The molecule has 21 heavy (non-hydrogen) atoms. The first-order valence-electron chi connectivity index (χ1n) is 8.06. The molecule has 3 heteroatoms. The third-order valence-corrected chi connectivity index (χ3v) is 4.87. The van der Waals surface area contributed by atoms with E-state index in [1.807, 2.05) is 6.20 Å². The molecule has 2 unspecified atom stereocenters. The molecule has 0 radical (unpaired) electrons. The molecular formula is C18H25N3. The maximum absolute atomic E-state index is 4.54. The molecule has 0 spiro atoms. The van der Waals surface area contributed by atoms with Gasteiger partial charge in [0.2, 0.25) is 0 Å². The van der Waals surface area contributed by atoms with Crippen LogP contribution < -0.4 is 5.32 Å². The predicted molar refractivity (Wildman–Crippen MR) is 86.4 cm³/mol. The summed E-state index contributed by atoms with van der Waals surface area (Å²) in [6, 6.07) is 9.41. The number of rotatable bonds is 5. The van der Waals surface area contributed by atoms with Crippen molar-refractivity contribution in [3.8, 4) is 0 Å². The number of fused-ring (bicyclic) bond motifs is 1.